The van der Waals surface area contributed by atoms with Gasteiger partial charge in [0.15, 0.2) is 14.8 Å². The summed E-state index contributed by atoms with van der Waals surface area (Å²) in [5.74, 6) is 0.375. The molecule has 0 spiro atoms. The average Bonchev–Trinajstić information content (AvgIpc) is 2.82. The Kier molecular flexibility index (Phi) is 4.09. The van der Waals surface area contributed by atoms with E-state index >= 15 is 0 Å². The second-order valence-corrected chi connectivity index (χ2v) is 7.55. The Hall–Kier alpha value is -2.20. The molecule has 0 unspecified atom stereocenters. The Balaban J connectivity index is 2.24. The van der Waals surface area contributed by atoms with Gasteiger partial charge in [0.2, 0.25) is 0 Å². The third-order valence-electron chi connectivity index (χ3n) is 2.55. The number of hydrogen-bond acceptors (Lipinski definition) is 8. The minimum Gasteiger partial charge on any atom is -0.384 e. The lowest BCUT2D eigenvalue weighted by atomic mass is 10.3. The first-order valence-corrected chi connectivity index (χ1v) is 8.40. The Morgan fingerprint density at radius 3 is 2.71 bits per heavy atom. The van der Waals surface area contributed by atoms with E-state index in [0.29, 0.717) is 5.82 Å². The summed E-state index contributed by atoms with van der Waals surface area (Å²) in [6.07, 6.45) is 2.55. The monoisotopic (exact) mass is 328 g/mol. The van der Waals surface area contributed by atoms with Crippen molar-refractivity contribution in [3.05, 3.63) is 40.1 Å². The molecule has 2 aromatic rings. The molecule has 0 atom stereocenters. The lowest BCUT2D eigenvalue weighted by Crippen LogP contribution is -2.01. The number of nitrogen functional groups attached to an aromatic ring is 1. The highest BCUT2D eigenvalue weighted by Crippen LogP contribution is 2.37. The van der Waals surface area contributed by atoms with Gasteiger partial charge in [-0.1, -0.05) is 17.4 Å². The van der Waals surface area contributed by atoms with Crippen molar-refractivity contribution in [3.8, 4) is 0 Å². The van der Waals surface area contributed by atoms with Crippen LogP contribution in [-0.2, 0) is 16.4 Å². The van der Waals surface area contributed by atoms with E-state index in [1.54, 1.807) is 18.3 Å². The molecule has 0 aliphatic rings. The summed E-state index contributed by atoms with van der Waals surface area (Å²) in [4.78, 5) is 14.3. The number of nitrogens with two attached hydrogens (primary N) is 1. The zero-order chi connectivity index (χ0) is 15.6. The minimum absolute atomic E-state index is 0.0490. The summed E-state index contributed by atoms with van der Waals surface area (Å²) in [6.45, 7) is 0.276. The normalized spacial score (nSPS) is 11.3. The van der Waals surface area contributed by atoms with Gasteiger partial charge in [-0.3, -0.25) is 10.1 Å². The first kappa shape index (κ1) is 15.2. The summed E-state index contributed by atoms with van der Waals surface area (Å²) in [5, 5.41) is 14.0. The van der Waals surface area contributed by atoms with Crippen LogP contribution in [0.2, 0.25) is 0 Å². The van der Waals surface area contributed by atoms with E-state index in [4.69, 9.17) is 5.73 Å². The molecule has 0 fully saturated rings. The van der Waals surface area contributed by atoms with Crippen molar-refractivity contribution in [2.24, 2.45) is 0 Å². The first-order valence-electron chi connectivity index (χ1n) is 5.70. The van der Waals surface area contributed by atoms with Gasteiger partial charge in [0.1, 0.15) is 10.0 Å². The average molecular weight is 328 g/mol. The molecule has 2 heterocycles. The summed E-state index contributed by atoms with van der Waals surface area (Å²) in [5.41, 5.74) is 5.97. The minimum atomic E-state index is -3.48. The zero-order valence-corrected chi connectivity index (χ0v) is 12.6. The quantitative estimate of drug-likeness (QED) is 0.630. The van der Waals surface area contributed by atoms with Crippen LogP contribution in [0.15, 0.2) is 28.6 Å². The lowest BCUT2D eigenvalue weighted by Gasteiger charge is -2.03. The van der Waals surface area contributed by atoms with E-state index in [9.17, 15) is 18.5 Å². The van der Waals surface area contributed by atoms with E-state index in [-0.39, 0.29) is 21.4 Å². The van der Waals surface area contributed by atoms with Crippen molar-refractivity contribution in [2.45, 2.75) is 10.8 Å². The van der Waals surface area contributed by atoms with Crippen LogP contribution in [0.1, 0.15) is 5.56 Å². The molecule has 0 bridgehead atoms. The molecule has 0 radical (unpaired) electrons. The molecule has 2 rings (SSSR count). The Morgan fingerprint density at radius 2 is 2.19 bits per heavy atom. The van der Waals surface area contributed by atoms with Gasteiger partial charge in [0.25, 0.3) is 0 Å². The van der Waals surface area contributed by atoms with Crippen molar-refractivity contribution in [2.75, 3.05) is 17.3 Å². The van der Waals surface area contributed by atoms with Crippen LogP contribution < -0.4 is 11.1 Å². The van der Waals surface area contributed by atoms with E-state index in [1.807, 2.05) is 0 Å². The van der Waals surface area contributed by atoms with Crippen molar-refractivity contribution in [3.63, 3.8) is 0 Å². The zero-order valence-electron chi connectivity index (χ0n) is 10.9. The first-order chi connectivity index (χ1) is 9.77. The predicted molar refractivity (Wildman–Crippen MR) is 80.1 cm³/mol. The van der Waals surface area contributed by atoms with Crippen LogP contribution >= 0.6 is 11.3 Å². The molecule has 8 nitrogen and oxygen atoms in total. The third-order valence-corrected chi connectivity index (χ3v) is 5.44. The van der Waals surface area contributed by atoms with Crippen LogP contribution in [0, 0.1) is 10.1 Å². The van der Waals surface area contributed by atoms with Crippen LogP contribution in [0.25, 0.3) is 0 Å². The molecule has 0 amide bonds. The van der Waals surface area contributed by atoms with Crippen molar-refractivity contribution in [1.29, 1.82) is 0 Å². The number of nitrogens with one attached hydrogen (secondary N) is 1. The summed E-state index contributed by atoms with van der Waals surface area (Å²) in [6, 6.07) is 4.40. The van der Waals surface area contributed by atoms with E-state index < -0.39 is 14.8 Å². The van der Waals surface area contributed by atoms with E-state index in [1.165, 1.54) is 0 Å². The fraction of sp³-hybridized carbons (Fsp3) is 0.182. The lowest BCUT2D eigenvalue weighted by molar-refractivity contribution is -0.383. The third kappa shape index (κ3) is 3.67. The predicted octanol–water partition coefficient (Wildman–Crippen LogP) is 1.65. The molecule has 112 valence electrons. The molecule has 2 aromatic heterocycles. The smallest absolute Gasteiger partial charge is 0.304 e. The summed E-state index contributed by atoms with van der Waals surface area (Å²) < 4.78 is 22.9. The summed E-state index contributed by atoms with van der Waals surface area (Å²) >= 11 is 0.831. The second kappa shape index (κ2) is 5.66. The topological polar surface area (TPSA) is 128 Å². The number of aromatic nitrogens is 1. The molecule has 0 aliphatic heterocycles. The van der Waals surface area contributed by atoms with Crippen LogP contribution in [0.4, 0.5) is 16.5 Å². The number of sulfone groups is 1. The van der Waals surface area contributed by atoms with Gasteiger partial charge < -0.3 is 11.1 Å². The number of nitrogens with zero attached hydrogens (tertiary/aromatic N) is 2. The molecule has 0 saturated heterocycles. The Morgan fingerprint density at radius 1 is 1.48 bits per heavy atom. The van der Waals surface area contributed by atoms with Crippen LogP contribution in [-0.4, -0.2) is 24.6 Å². The number of thiophene rings is 1. The molecule has 0 aromatic carbocycles. The number of rotatable bonds is 5. The van der Waals surface area contributed by atoms with Gasteiger partial charge in [0, 0.05) is 25.1 Å². The largest absolute Gasteiger partial charge is 0.384 e. The Labute approximate surface area is 124 Å². The number of anilines is 2. The summed E-state index contributed by atoms with van der Waals surface area (Å²) in [7, 11) is -3.48. The van der Waals surface area contributed by atoms with Gasteiger partial charge in [-0.2, -0.15) is 0 Å². The van der Waals surface area contributed by atoms with Crippen molar-refractivity contribution in [1.82, 2.24) is 4.98 Å². The van der Waals surface area contributed by atoms with E-state index in [0.717, 1.165) is 29.2 Å². The van der Waals surface area contributed by atoms with Gasteiger partial charge in [-0.15, -0.1) is 0 Å². The van der Waals surface area contributed by atoms with Crippen LogP contribution in [0.3, 0.4) is 0 Å². The number of nitro groups is 1. The number of pyridine rings is 1. The van der Waals surface area contributed by atoms with Gasteiger partial charge in [-0.05, 0) is 11.6 Å². The van der Waals surface area contributed by atoms with Gasteiger partial charge in [-0.25, -0.2) is 13.4 Å². The van der Waals surface area contributed by atoms with Crippen molar-refractivity contribution >= 4 is 37.7 Å². The van der Waals surface area contributed by atoms with E-state index in [2.05, 4.69) is 10.3 Å². The fourth-order valence-corrected chi connectivity index (χ4v) is 3.46. The molecule has 0 saturated carbocycles. The maximum Gasteiger partial charge on any atom is 0.304 e. The molecular formula is C11H12N4O4S2. The molecule has 3 N–H and O–H groups in total. The van der Waals surface area contributed by atoms with Crippen molar-refractivity contribution < 1.29 is 13.3 Å². The molecular weight excluding hydrogens is 316 g/mol. The molecule has 10 heteroatoms. The SMILES string of the molecule is CS(=O)(=O)c1cc([N+](=O)[O-])c(NCc2ccc(N)nc2)s1. The maximum atomic E-state index is 11.5. The molecule has 21 heavy (non-hydrogen) atoms. The highest BCUT2D eigenvalue weighted by atomic mass is 32.2. The van der Waals surface area contributed by atoms with Gasteiger partial charge in [0.05, 0.1) is 4.92 Å². The maximum absolute atomic E-state index is 11.5. The second-order valence-electron chi connectivity index (χ2n) is 4.25. The highest BCUT2D eigenvalue weighted by molar-refractivity contribution is 7.92. The standard InChI is InChI=1S/C11H12N4O4S2/c1-21(18,19)10-4-8(15(16)17)11(20-10)14-6-7-2-3-9(12)13-5-7/h2-5,14H,6H2,1H3,(H2,12,13). The number of hydrogen-bond donors (Lipinski definition) is 2. The molecule has 0 aliphatic carbocycles. The fourth-order valence-electron chi connectivity index (χ4n) is 1.53. The van der Waals surface area contributed by atoms with Crippen LogP contribution in [0.5, 0.6) is 0 Å². The van der Waals surface area contributed by atoms with Gasteiger partial charge >= 0.3 is 5.69 Å². The Bertz CT molecular complexity index is 768. The highest BCUT2D eigenvalue weighted by Gasteiger charge is 2.23.